The van der Waals surface area contributed by atoms with Crippen molar-refractivity contribution in [3.8, 4) is 0 Å². The summed E-state index contributed by atoms with van der Waals surface area (Å²) in [4.78, 5) is 0. The van der Waals surface area contributed by atoms with Crippen molar-refractivity contribution in [2.45, 2.75) is 24.8 Å². The first kappa shape index (κ1) is 15.0. The molecule has 0 bridgehead atoms. The van der Waals surface area contributed by atoms with E-state index >= 15 is 0 Å². The number of hydrogen-bond acceptors (Lipinski definition) is 3. The maximum Gasteiger partial charge on any atom is 0.330 e. The average molecular weight is 269 g/mol. The lowest BCUT2D eigenvalue weighted by Gasteiger charge is -2.19. The Morgan fingerprint density at radius 2 is 2.17 bits per heavy atom. The van der Waals surface area contributed by atoms with E-state index in [2.05, 4.69) is 10.1 Å². The first-order valence-corrected chi connectivity index (χ1v) is 5.37. The summed E-state index contributed by atoms with van der Waals surface area (Å²) in [5.41, 5.74) is 0.874. The van der Waals surface area contributed by atoms with Gasteiger partial charge in [0.05, 0.1) is 19.1 Å². The normalized spacial score (nSPS) is 14.1. The molecule has 1 heterocycles. The Balaban J connectivity index is 2.32. The van der Waals surface area contributed by atoms with Gasteiger partial charge in [-0.2, -0.15) is 8.78 Å². The van der Waals surface area contributed by atoms with E-state index in [1.165, 1.54) is 12.5 Å². The highest BCUT2D eigenvalue weighted by Crippen LogP contribution is 2.22. The molecular formula is C11H15F4NO2. The number of hydrogen-bond donors (Lipinski definition) is 1. The van der Waals surface area contributed by atoms with Crippen LogP contribution in [0.5, 0.6) is 0 Å². The molecule has 0 aromatic carbocycles. The molecule has 0 aliphatic carbocycles. The SMILES string of the molecule is CNC(COCC(F)(F)C(F)F)Cc1ccoc1. The van der Waals surface area contributed by atoms with E-state index < -0.39 is 19.0 Å². The van der Waals surface area contributed by atoms with Gasteiger partial charge in [-0.3, -0.25) is 0 Å². The van der Waals surface area contributed by atoms with Crippen molar-refractivity contribution >= 4 is 0 Å². The quantitative estimate of drug-likeness (QED) is 0.735. The number of halogens is 4. The minimum Gasteiger partial charge on any atom is -0.472 e. The lowest BCUT2D eigenvalue weighted by molar-refractivity contribution is -0.166. The van der Waals surface area contributed by atoms with Crippen LogP contribution in [0, 0.1) is 0 Å². The van der Waals surface area contributed by atoms with Crippen LogP contribution in [0.15, 0.2) is 23.0 Å². The zero-order chi connectivity index (χ0) is 13.6. The zero-order valence-electron chi connectivity index (χ0n) is 9.84. The molecule has 0 radical (unpaired) electrons. The van der Waals surface area contributed by atoms with Gasteiger partial charge < -0.3 is 14.5 Å². The Kier molecular flexibility index (Phi) is 5.61. The van der Waals surface area contributed by atoms with Gasteiger partial charge in [-0.25, -0.2) is 8.78 Å². The van der Waals surface area contributed by atoms with E-state index in [1.807, 2.05) is 0 Å². The highest BCUT2D eigenvalue weighted by atomic mass is 19.3. The lowest BCUT2D eigenvalue weighted by atomic mass is 10.1. The maximum absolute atomic E-state index is 12.6. The Morgan fingerprint density at radius 3 is 2.67 bits per heavy atom. The fourth-order valence-electron chi connectivity index (χ4n) is 1.34. The topological polar surface area (TPSA) is 34.4 Å². The van der Waals surface area contributed by atoms with Gasteiger partial charge in [0.2, 0.25) is 0 Å². The largest absolute Gasteiger partial charge is 0.472 e. The van der Waals surface area contributed by atoms with Crippen molar-refractivity contribution in [1.82, 2.24) is 5.32 Å². The average Bonchev–Trinajstić information content (AvgIpc) is 2.80. The van der Waals surface area contributed by atoms with Crippen LogP contribution in [-0.4, -0.2) is 38.7 Å². The molecule has 1 rings (SSSR count). The van der Waals surface area contributed by atoms with Crippen molar-refractivity contribution in [3.63, 3.8) is 0 Å². The van der Waals surface area contributed by atoms with Gasteiger partial charge in [0.15, 0.2) is 0 Å². The third kappa shape index (κ3) is 4.66. The Labute approximate surface area is 102 Å². The summed E-state index contributed by atoms with van der Waals surface area (Å²) in [5.74, 6) is -4.10. The fraction of sp³-hybridized carbons (Fsp3) is 0.636. The summed E-state index contributed by atoms with van der Waals surface area (Å²) in [6.45, 7) is -1.36. The molecule has 1 atom stereocenters. The number of ether oxygens (including phenoxy) is 1. The number of furan rings is 1. The second kappa shape index (κ2) is 6.75. The molecule has 1 aromatic heterocycles. The van der Waals surface area contributed by atoms with Crippen LogP contribution in [0.25, 0.3) is 0 Å². The molecule has 1 aromatic rings. The molecule has 3 nitrogen and oxygen atoms in total. The van der Waals surface area contributed by atoms with Crippen molar-refractivity contribution < 1.29 is 26.7 Å². The summed E-state index contributed by atoms with van der Waals surface area (Å²) in [6, 6.07) is 1.49. The minimum atomic E-state index is -4.10. The molecular weight excluding hydrogens is 254 g/mol. The van der Waals surface area contributed by atoms with Gasteiger partial charge in [0.1, 0.15) is 6.61 Å². The summed E-state index contributed by atoms with van der Waals surface area (Å²) in [7, 11) is 1.64. The van der Waals surface area contributed by atoms with Crippen LogP contribution in [-0.2, 0) is 11.2 Å². The van der Waals surface area contributed by atoms with E-state index in [9.17, 15) is 17.6 Å². The highest BCUT2D eigenvalue weighted by molar-refractivity contribution is 5.07. The Bertz CT molecular complexity index is 330. The van der Waals surface area contributed by atoms with Gasteiger partial charge in [0.25, 0.3) is 0 Å². The van der Waals surface area contributed by atoms with Crippen LogP contribution in [0.3, 0.4) is 0 Å². The van der Waals surface area contributed by atoms with E-state index in [4.69, 9.17) is 4.42 Å². The van der Waals surface area contributed by atoms with E-state index in [-0.39, 0.29) is 12.6 Å². The molecule has 0 saturated heterocycles. The second-order valence-corrected chi connectivity index (χ2v) is 3.90. The van der Waals surface area contributed by atoms with E-state index in [1.54, 1.807) is 13.1 Å². The maximum atomic E-state index is 12.6. The molecule has 0 saturated carbocycles. The van der Waals surface area contributed by atoms with Crippen molar-refractivity contribution in [2.24, 2.45) is 0 Å². The molecule has 0 aliphatic heterocycles. The van der Waals surface area contributed by atoms with Gasteiger partial charge >= 0.3 is 12.3 Å². The minimum absolute atomic E-state index is 0.0794. The number of rotatable bonds is 8. The molecule has 0 spiro atoms. The van der Waals surface area contributed by atoms with Crippen molar-refractivity contribution in [2.75, 3.05) is 20.3 Å². The fourth-order valence-corrected chi connectivity index (χ4v) is 1.34. The van der Waals surface area contributed by atoms with Gasteiger partial charge in [-0.05, 0) is 25.1 Å². The second-order valence-electron chi connectivity index (χ2n) is 3.90. The number of likely N-dealkylation sites (N-methyl/N-ethyl adjacent to an activating group) is 1. The van der Waals surface area contributed by atoms with E-state index in [0.29, 0.717) is 6.42 Å². The number of alkyl halides is 4. The molecule has 1 unspecified atom stereocenters. The van der Waals surface area contributed by atoms with Crippen LogP contribution < -0.4 is 5.32 Å². The summed E-state index contributed by atoms with van der Waals surface area (Å²) < 4.78 is 58.4. The smallest absolute Gasteiger partial charge is 0.330 e. The van der Waals surface area contributed by atoms with Crippen LogP contribution >= 0.6 is 0 Å². The highest BCUT2D eigenvalue weighted by Gasteiger charge is 2.41. The zero-order valence-corrected chi connectivity index (χ0v) is 9.84. The predicted molar refractivity (Wildman–Crippen MR) is 57.0 cm³/mol. The molecule has 1 N–H and O–H groups in total. The van der Waals surface area contributed by atoms with Crippen molar-refractivity contribution in [3.05, 3.63) is 24.2 Å². The van der Waals surface area contributed by atoms with E-state index in [0.717, 1.165) is 5.56 Å². The first-order chi connectivity index (χ1) is 8.45. The molecule has 7 heteroatoms. The first-order valence-electron chi connectivity index (χ1n) is 5.37. The van der Waals surface area contributed by atoms with Crippen LogP contribution in [0.4, 0.5) is 17.6 Å². The van der Waals surface area contributed by atoms with Crippen LogP contribution in [0.2, 0.25) is 0 Å². The van der Waals surface area contributed by atoms with Crippen molar-refractivity contribution in [1.29, 1.82) is 0 Å². The molecule has 104 valence electrons. The monoisotopic (exact) mass is 269 g/mol. The van der Waals surface area contributed by atoms with Gasteiger partial charge in [-0.15, -0.1) is 0 Å². The standard InChI is InChI=1S/C11H15F4NO2/c1-16-9(4-8-2-3-17-5-8)6-18-7-11(14,15)10(12)13/h2-3,5,9-10,16H,4,6-7H2,1H3. The van der Waals surface area contributed by atoms with Crippen LogP contribution in [0.1, 0.15) is 5.56 Å². The van der Waals surface area contributed by atoms with Gasteiger partial charge in [0, 0.05) is 6.04 Å². The molecule has 18 heavy (non-hydrogen) atoms. The Hall–Kier alpha value is -1.08. The third-order valence-corrected chi connectivity index (χ3v) is 2.40. The molecule has 0 aliphatic rings. The summed E-state index contributed by atoms with van der Waals surface area (Å²) in [6.07, 6.45) is -0.182. The Morgan fingerprint density at radius 1 is 1.44 bits per heavy atom. The lowest BCUT2D eigenvalue weighted by Crippen LogP contribution is -2.37. The summed E-state index contributed by atoms with van der Waals surface area (Å²) >= 11 is 0. The van der Waals surface area contributed by atoms with Gasteiger partial charge in [-0.1, -0.05) is 0 Å². The molecule has 0 amide bonds. The number of nitrogens with one attached hydrogen (secondary N) is 1. The third-order valence-electron chi connectivity index (χ3n) is 2.40. The predicted octanol–water partition coefficient (Wildman–Crippen LogP) is 2.33. The molecule has 0 fully saturated rings. The summed E-state index contributed by atoms with van der Waals surface area (Å²) in [5, 5.41) is 2.86.